The number of rotatable bonds is 7. The first-order chi connectivity index (χ1) is 10.3. The number of halogens is 1. The lowest BCUT2D eigenvalue weighted by Gasteiger charge is -2.29. The minimum Gasteiger partial charge on any atom is -0.493 e. The van der Waals surface area contributed by atoms with E-state index in [0.29, 0.717) is 29.4 Å². The highest BCUT2D eigenvalue weighted by atomic mass is 35.5. The van der Waals surface area contributed by atoms with Crippen LogP contribution in [0.15, 0.2) is 12.1 Å². The number of amides is 1. The molecule has 0 aromatic heterocycles. The molecule has 6 nitrogen and oxygen atoms in total. The van der Waals surface area contributed by atoms with Crippen molar-refractivity contribution >= 4 is 24.0 Å². The predicted octanol–water partition coefficient (Wildman–Crippen LogP) is 2.61. The summed E-state index contributed by atoms with van der Waals surface area (Å²) in [5.41, 5.74) is 5.85. The maximum absolute atomic E-state index is 12.6. The Morgan fingerprint density at radius 2 is 1.65 bits per heavy atom. The molecule has 1 rings (SSSR count). The normalized spacial score (nSPS) is 12.7. The van der Waals surface area contributed by atoms with E-state index in [9.17, 15) is 4.79 Å². The van der Waals surface area contributed by atoms with Crippen LogP contribution in [-0.2, 0) is 4.79 Å². The quantitative estimate of drug-likeness (QED) is 0.821. The molecule has 1 atom stereocenters. The molecule has 0 heterocycles. The zero-order valence-electron chi connectivity index (χ0n) is 14.6. The van der Waals surface area contributed by atoms with Crippen LogP contribution >= 0.6 is 12.4 Å². The minimum atomic E-state index is -0.913. The van der Waals surface area contributed by atoms with E-state index in [4.69, 9.17) is 19.9 Å². The first kappa shape index (κ1) is 21.3. The van der Waals surface area contributed by atoms with Gasteiger partial charge in [-0.3, -0.25) is 4.79 Å². The predicted molar refractivity (Wildman–Crippen MR) is 94.3 cm³/mol. The molecule has 0 aliphatic rings. The lowest BCUT2D eigenvalue weighted by Crippen LogP contribution is -2.52. The van der Waals surface area contributed by atoms with Crippen molar-refractivity contribution in [2.75, 3.05) is 33.3 Å². The van der Waals surface area contributed by atoms with Crippen molar-refractivity contribution in [2.24, 2.45) is 5.73 Å². The second-order valence-corrected chi connectivity index (χ2v) is 5.42. The molecule has 0 saturated carbocycles. The first-order valence-electron chi connectivity index (χ1n) is 7.19. The Hall–Kier alpha value is -1.66. The third-order valence-corrected chi connectivity index (χ3v) is 3.60. The van der Waals surface area contributed by atoms with Gasteiger partial charge in [0.05, 0.1) is 32.6 Å². The monoisotopic (exact) mass is 346 g/mol. The van der Waals surface area contributed by atoms with Crippen LogP contribution in [0.4, 0.5) is 5.69 Å². The maximum atomic E-state index is 12.6. The lowest BCUT2D eigenvalue weighted by molar-refractivity contribution is -0.123. The highest BCUT2D eigenvalue weighted by molar-refractivity contribution is 5.99. The summed E-state index contributed by atoms with van der Waals surface area (Å²) in [6, 6.07) is 3.45. The Balaban J connectivity index is 0.00000484. The van der Waals surface area contributed by atoms with Crippen LogP contribution in [0, 0.1) is 0 Å². The van der Waals surface area contributed by atoms with Gasteiger partial charge in [0.15, 0.2) is 11.5 Å². The molecule has 0 spiro atoms. The van der Waals surface area contributed by atoms with Gasteiger partial charge in [0.2, 0.25) is 11.7 Å². The average Bonchev–Trinajstić information content (AvgIpc) is 2.51. The highest BCUT2D eigenvalue weighted by Crippen LogP contribution is 2.41. The molecule has 0 fully saturated rings. The number of anilines is 1. The summed E-state index contributed by atoms with van der Waals surface area (Å²) < 4.78 is 15.9. The molecular formula is C16H27ClN2O4. The molecule has 2 N–H and O–H groups in total. The molecule has 0 bridgehead atoms. The molecule has 1 unspecified atom stereocenters. The number of nitrogens with two attached hydrogens (primary N) is 1. The largest absolute Gasteiger partial charge is 0.493 e. The Bertz CT molecular complexity index is 510. The van der Waals surface area contributed by atoms with E-state index in [0.717, 1.165) is 6.42 Å². The Labute approximate surface area is 144 Å². The maximum Gasteiger partial charge on any atom is 0.246 e. The van der Waals surface area contributed by atoms with Crippen molar-refractivity contribution < 1.29 is 19.0 Å². The second kappa shape index (κ2) is 8.84. The second-order valence-electron chi connectivity index (χ2n) is 5.42. The smallest absolute Gasteiger partial charge is 0.246 e. The van der Waals surface area contributed by atoms with Gasteiger partial charge in [-0.15, -0.1) is 12.4 Å². The Morgan fingerprint density at radius 1 is 1.17 bits per heavy atom. The van der Waals surface area contributed by atoms with E-state index >= 15 is 0 Å². The van der Waals surface area contributed by atoms with Gasteiger partial charge in [-0.2, -0.15) is 0 Å². The summed E-state index contributed by atoms with van der Waals surface area (Å²) >= 11 is 0. The average molecular weight is 347 g/mol. The molecule has 1 aromatic carbocycles. The molecule has 0 radical (unpaired) electrons. The third-order valence-electron chi connectivity index (χ3n) is 3.60. The highest BCUT2D eigenvalue weighted by Gasteiger charge is 2.31. The third kappa shape index (κ3) is 4.65. The van der Waals surface area contributed by atoms with Gasteiger partial charge in [-0.25, -0.2) is 0 Å². The van der Waals surface area contributed by atoms with Gasteiger partial charge in [0.25, 0.3) is 0 Å². The molecule has 0 saturated heterocycles. The first-order valence-corrected chi connectivity index (χ1v) is 7.19. The number of ether oxygens (including phenoxy) is 3. The number of carbonyl (C=O) groups is 1. The standard InChI is InChI=1S/C16H26N2O4.ClH/c1-7-8-16(2,17)15(19)18(3)11-9-12(20-4)14(22-6)13(10-11)21-5;/h9-10H,7-8,17H2,1-6H3;1H. The van der Waals surface area contributed by atoms with Crippen molar-refractivity contribution in [3.05, 3.63) is 12.1 Å². The van der Waals surface area contributed by atoms with Crippen molar-refractivity contribution in [1.82, 2.24) is 0 Å². The number of hydrogen-bond donors (Lipinski definition) is 1. The summed E-state index contributed by atoms with van der Waals surface area (Å²) in [6.45, 7) is 3.74. The van der Waals surface area contributed by atoms with Crippen molar-refractivity contribution in [3.63, 3.8) is 0 Å². The zero-order valence-corrected chi connectivity index (χ0v) is 15.5. The lowest BCUT2D eigenvalue weighted by atomic mass is 9.95. The minimum absolute atomic E-state index is 0. The fourth-order valence-corrected chi connectivity index (χ4v) is 2.39. The van der Waals surface area contributed by atoms with E-state index in [2.05, 4.69) is 0 Å². The summed E-state index contributed by atoms with van der Waals surface area (Å²) in [5.74, 6) is 1.30. The summed E-state index contributed by atoms with van der Waals surface area (Å²) in [6.07, 6.45) is 1.45. The van der Waals surface area contributed by atoms with Crippen LogP contribution < -0.4 is 24.8 Å². The molecule has 23 heavy (non-hydrogen) atoms. The SMILES string of the molecule is CCCC(C)(N)C(=O)N(C)c1cc(OC)c(OC)c(OC)c1.Cl. The van der Waals surface area contributed by atoms with Gasteiger partial charge in [-0.1, -0.05) is 13.3 Å². The van der Waals surface area contributed by atoms with Crippen LogP contribution in [0.1, 0.15) is 26.7 Å². The zero-order chi connectivity index (χ0) is 16.9. The number of likely N-dealkylation sites (N-methyl/N-ethyl adjacent to an activating group) is 1. The number of methoxy groups -OCH3 is 3. The van der Waals surface area contributed by atoms with Gasteiger partial charge >= 0.3 is 0 Å². The van der Waals surface area contributed by atoms with Crippen molar-refractivity contribution in [2.45, 2.75) is 32.2 Å². The van der Waals surface area contributed by atoms with E-state index in [-0.39, 0.29) is 18.3 Å². The van der Waals surface area contributed by atoms with Gasteiger partial charge in [-0.05, 0) is 13.3 Å². The summed E-state index contributed by atoms with van der Waals surface area (Å²) in [5, 5.41) is 0. The van der Waals surface area contributed by atoms with Crippen LogP contribution in [-0.4, -0.2) is 39.8 Å². The summed E-state index contributed by atoms with van der Waals surface area (Å²) in [4.78, 5) is 14.1. The van der Waals surface area contributed by atoms with Crippen LogP contribution in [0.25, 0.3) is 0 Å². The van der Waals surface area contributed by atoms with Crippen molar-refractivity contribution in [1.29, 1.82) is 0 Å². The van der Waals surface area contributed by atoms with E-state index in [1.54, 1.807) is 26.1 Å². The molecule has 1 aromatic rings. The van der Waals surface area contributed by atoms with Crippen molar-refractivity contribution in [3.8, 4) is 17.2 Å². The number of carbonyl (C=O) groups excluding carboxylic acids is 1. The van der Waals surface area contributed by atoms with Crippen LogP contribution in [0.5, 0.6) is 17.2 Å². The molecular weight excluding hydrogens is 320 g/mol. The van der Waals surface area contributed by atoms with E-state index in [1.807, 2.05) is 6.92 Å². The fraction of sp³-hybridized carbons (Fsp3) is 0.562. The number of benzene rings is 1. The van der Waals surface area contributed by atoms with Gasteiger partial charge in [0.1, 0.15) is 0 Å². The fourth-order valence-electron chi connectivity index (χ4n) is 2.39. The molecule has 0 aliphatic carbocycles. The number of nitrogens with zero attached hydrogens (tertiary/aromatic N) is 1. The van der Waals surface area contributed by atoms with E-state index < -0.39 is 5.54 Å². The topological polar surface area (TPSA) is 74.0 Å². The summed E-state index contributed by atoms with van der Waals surface area (Å²) in [7, 11) is 6.29. The molecule has 1 amide bonds. The van der Waals surface area contributed by atoms with Gasteiger partial charge in [0, 0.05) is 19.2 Å². The van der Waals surface area contributed by atoms with Crippen LogP contribution in [0.3, 0.4) is 0 Å². The van der Waals surface area contributed by atoms with Gasteiger partial charge < -0.3 is 24.8 Å². The van der Waals surface area contributed by atoms with E-state index in [1.165, 1.54) is 26.2 Å². The Morgan fingerprint density at radius 3 is 2.00 bits per heavy atom. The Kier molecular flexibility index (Phi) is 8.20. The molecule has 7 heteroatoms. The number of hydrogen-bond acceptors (Lipinski definition) is 5. The van der Waals surface area contributed by atoms with Crippen LogP contribution in [0.2, 0.25) is 0 Å². The molecule has 132 valence electrons. The molecule has 0 aliphatic heterocycles.